The fourth-order valence-electron chi connectivity index (χ4n) is 4.56. The van der Waals surface area contributed by atoms with E-state index in [0.29, 0.717) is 25.0 Å². The van der Waals surface area contributed by atoms with Crippen molar-refractivity contribution in [2.24, 2.45) is 0 Å². The van der Waals surface area contributed by atoms with E-state index in [0.717, 1.165) is 49.3 Å². The zero-order valence-corrected chi connectivity index (χ0v) is 19.4. The molecule has 1 aromatic heterocycles. The lowest BCUT2D eigenvalue weighted by Gasteiger charge is -2.33. The maximum absolute atomic E-state index is 13.1. The van der Waals surface area contributed by atoms with Crippen molar-refractivity contribution in [1.82, 2.24) is 19.7 Å². The highest BCUT2D eigenvalue weighted by atomic mass is 32.2. The molecule has 2 aromatic rings. The van der Waals surface area contributed by atoms with Crippen LogP contribution in [0.1, 0.15) is 44.6 Å². The number of carbonyl (C=O) groups excluding carboxylic acids is 1. The Hall–Kier alpha value is -2.06. The second-order valence-electron chi connectivity index (χ2n) is 8.32. The number of aryl methyl sites for hydroxylation is 1. The molecule has 31 heavy (non-hydrogen) atoms. The molecule has 1 aromatic carbocycles. The molecule has 1 amide bonds. The van der Waals surface area contributed by atoms with Crippen LogP contribution in [0.4, 0.5) is 5.95 Å². The first-order valence-corrected chi connectivity index (χ1v) is 12.4. The fourth-order valence-corrected chi connectivity index (χ4v) is 5.39. The number of anilines is 1. The average molecular weight is 444 g/mol. The van der Waals surface area contributed by atoms with Crippen LogP contribution in [0.2, 0.25) is 0 Å². The van der Waals surface area contributed by atoms with Gasteiger partial charge in [-0.2, -0.15) is 0 Å². The number of thioether (sulfide) groups is 1. The normalized spacial score (nSPS) is 17.7. The van der Waals surface area contributed by atoms with Crippen molar-refractivity contribution in [2.45, 2.75) is 57.1 Å². The van der Waals surface area contributed by atoms with Gasteiger partial charge in [-0.1, -0.05) is 43.2 Å². The predicted molar refractivity (Wildman–Crippen MR) is 124 cm³/mol. The van der Waals surface area contributed by atoms with E-state index in [4.69, 9.17) is 4.74 Å². The van der Waals surface area contributed by atoms with E-state index < -0.39 is 0 Å². The van der Waals surface area contributed by atoms with Crippen molar-refractivity contribution in [3.8, 4) is 5.69 Å². The summed E-state index contributed by atoms with van der Waals surface area (Å²) in [5.41, 5.74) is 2.21. The number of hydrogen-bond donors (Lipinski definition) is 0. The van der Waals surface area contributed by atoms with Gasteiger partial charge < -0.3 is 14.5 Å². The molecule has 0 spiro atoms. The number of morpholine rings is 1. The van der Waals surface area contributed by atoms with E-state index in [1.54, 1.807) is 0 Å². The quantitative estimate of drug-likeness (QED) is 0.608. The molecule has 0 bridgehead atoms. The van der Waals surface area contributed by atoms with Gasteiger partial charge in [0.1, 0.15) is 0 Å². The molecule has 1 saturated heterocycles. The average Bonchev–Trinajstić information content (AvgIpc) is 3.23. The van der Waals surface area contributed by atoms with Crippen molar-refractivity contribution < 1.29 is 9.53 Å². The molecular formula is C23H33N5O2S. The van der Waals surface area contributed by atoms with Gasteiger partial charge in [-0.3, -0.25) is 9.36 Å². The van der Waals surface area contributed by atoms with E-state index >= 15 is 0 Å². The molecule has 2 fully saturated rings. The van der Waals surface area contributed by atoms with Crippen LogP contribution in [0.5, 0.6) is 0 Å². The minimum Gasteiger partial charge on any atom is -0.378 e. The standard InChI is InChI=1S/C23H33N5O2S/c1-3-27(19-9-5-4-6-10-19)21(29)17-31-23-25-24-22(26-12-14-30-15-13-26)28(23)20-11-7-8-18(2)16-20/h7-8,11,16,19H,3-6,9-10,12-15,17H2,1-2H3. The molecule has 2 heterocycles. The maximum atomic E-state index is 13.1. The van der Waals surface area contributed by atoms with Gasteiger partial charge in [0.05, 0.1) is 24.7 Å². The zero-order chi connectivity index (χ0) is 21.6. The molecule has 1 aliphatic heterocycles. The van der Waals surface area contributed by atoms with Crippen molar-refractivity contribution >= 4 is 23.6 Å². The van der Waals surface area contributed by atoms with E-state index in [1.807, 2.05) is 0 Å². The summed E-state index contributed by atoms with van der Waals surface area (Å²) in [4.78, 5) is 17.4. The fraction of sp³-hybridized carbons (Fsp3) is 0.609. The number of benzene rings is 1. The van der Waals surface area contributed by atoms with E-state index in [2.05, 4.69) is 62.7 Å². The Bertz CT molecular complexity index is 875. The molecule has 0 N–H and O–H groups in total. The summed E-state index contributed by atoms with van der Waals surface area (Å²) < 4.78 is 7.60. The molecule has 0 radical (unpaired) electrons. The molecule has 168 valence electrons. The highest BCUT2D eigenvalue weighted by Gasteiger charge is 2.26. The first-order chi connectivity index (χ1) is 15.2. The van der Waals surface area contributed by atoms with Crippen LogP contribution in [0, 0.1) is 6.92 Å². The monoisotopic (exact) mass is 443 g/mol. The molecule has 1 saturated carbocycles. The van der Waals surface area contributed by atoms with Gasteiger partial charge in [0.25, 0.3) is 0 Å². The van der Waals surface area contributed by atoms with Gasteiger partial charge in [-0.25, -0.2) is 0 Å². The second kappa shape index (κ2) is 10.5. The Balaban J connectivity index is 1.54. The van der Waals surface area contributed by atoms with Crippen molar-refractivity contribution in [3.63, 3.8) is 0 Å². The Morgan fingerprint density at radius 3 is 2.68 bits per heavy atom. The van der Waals surface area contributed by atoms with Gasteiger partial charge in [0, 0.05) is 25.7 Å². The molecular weight excluding hydrogens is 410 g/mol. The third kappa shape index (κ3) is 5.23. The summed E-state index contributed by atoms with van der Waals surface area (Å²) in [6, 6.07) is 8.74. The van der Waals surface area contributed by atoms with E-state index in [9.17, 15) is 4.79 Å². The summed E-state index contributed by atoms with van der Waals surface area (Å²) in [7, 11) is 0. The Kier molecular flexibility index (Phi) is 7.50. The highest BCUT2D eigenvalue weighted by molar-refractivity contribution is 7.99. The largest absolute Gasteiger partial charge is 0.378 e. The number of carbonyl (C=O) groups is 1. The van der Waals surface area contributed by atoms with Crippen LogP contribution < -0.4 is 4.90 Å². The topological polar surface area (TPSA) is 63.5 Å². The van der Waals surface area contributed by atoms with Gasteiger partial charge in [0.2, 0.25) is 11.9 Å². The van der Waals surface area contributed by atoms with E-state index in [-0.39, 0.29) is 5.91 Å². The molecule has 7 nitrogen and oxygen atoms in total. The predicted octanol–water partition coefficient (Wildman–Crippen LogP) is 3.69. The molecule has 8 heteroatoms. The first kappa shape index (κ1) is 22.1. The third-order valence-electron chi connectivity index (χ3n) is 6.17. The van der Waals surface area contributed by atoms with Crippen LogP contribution in [-0.2, 0) is 9.53 Å². The number of nitrogens with zero attached hydrogens (tertiary/aromatic N) is 5. The van der Waals surface area contributed by atoms with Crippen LogP contribution in [0.15, 0.2) is 29.4 Å². The lowest BCUT2D eigenvalue weighted by atomic mass is 9.94. The molecule has 0 unspecified atom stereocenters. The lowest BCUT2D eigenvalue weighted by molar-refractivity contribution is -0.131. The highest BCUT2D eigenvalue weighted by Crippen LogP contribution is 2.29. The third-order valence-corrected chi connectivity index (χ3v) is 7.09. The summed E-state index contributed by atoms with van der Waals surface area (Å²) in [5, 5.41) is 9.77. The number of hydrogen-bond acceptors (Lipinski definition) is 6. The van der Waals surface area contributed by atoms with Crippen LogP contribution in [-0.4, -0.2) is 70.2 Å². The van der Waals surface area contributed by atoms with Crippen LogP contribution in [0.25, 0.3) is 5.69 Å². The van der Waals surface area contributed by atoms with Crippen molar-refractivity contribution in [2.75, 3.05) is 43.5 Å². The summed E-state index contributed by atoms with van der Waals surface area (Å²) in [6.07, 6.45) is 6.01. The number of rotatable bonds is 7. The van der Waals surface area contributed by atoms with Crippen LogP contribution in [0.3, 0.4) is 0 Å². The smallest absolute Gasteiger partial charge is 0.233 e. The Labute approximate surface area is 189 Å². The lowest BCUT2D eigenvalue weighted by Crippen LogP contribution is -2.42. The molecule has 2 aliphatic rings. The summed E-state index contributed by atoms with van der Waals surface area (Å²) in [6.45, 7) is 7.90. The molecule has 4 rings (SSSR count). The first-order valence-electron chi connectivity index (χ1n) is 11.4. The minimum absolute atomic E-state index is 0.200. The van der Waals surface area contributed by atoms with Crippen molar-refractivity contribution in [1.29, 1.82) is 0 Å². The van der Waals surface area contributed by atoms with Gasteiger partial charge in [-0.05, 0) is 44.4 Å². The van der Waals surface area contributed by atoms with Crippen molar-refractivity contribution in [3.05, 3.63) is 29.8 Å². The minimum atomic E-state index is 0.200. The SMILES string of the molecule is CCN(C(=O)CSc1nnc(N2CCOCC2)n1-c1cccc(C)c1)C1CCCCC1. The zero-order valence-electron chi connectivity index (χ0n) is 18.6. The Morgan fingerprint density at radius 2 is 1.97 bits per heavy atom. The summed E-state index contributed by atoms with van der Waals surface area (Å²) >= 11 is 1.49. The molecule has 1 aliphatic carbocycles. The number of amides is 1. The van der Waals surface area contributed by atoms with Gasteiger partial charge in [0.15, 0.2) is 5.16 Å². The van der Waals surface area contributed by atoms with Gasteiger partial charge in [-0.15, -0.1) is 10.2 Å². The maximum Gasteiger partial charge on any atom is 0.233 e. The Morgan fingerprint density at radius 1 is 1.19 bits per heavy atom. The number of aromatic nitrogens is 3. The second-order valence-corrected chi connectivity index (χ2v) is 9.26. The molecule has 0 atom stereocenters. The van der Waals surface area contributed by atoms with E-state index in [1.165, 1.54) is 36.6 Å². The van der Waals surface area contributed by atoms with Crippen LogP contribution >= 0.6 is 11.8 Å². The summed E-state index contributed by atoms with van der Waals surface area (Å²) in [5.74, 6) is 1.41. The number of ether oxygens (including phenoxy) is 1. The van der Waals surface area contributed by atoms with Gasteiger partial charge >= 0.3 is 0 Å².